The van der Waals surface area contributed by atoms with Crippen molar-refractivity contribution in [3.05, 3.63) is 74.1 Å². The third kappa shape index (κ3) is 5.53. The maximum Gasteiger partial charge on any atom is 0.416 e. The molecule has 1 aromatic heterocycles. The van der Waals surface area contributed by atoms with Crippen molar-refractivity contribution in [2.75, 3.05) is 37.6 Å². The molecule has 2 aromatic carbocycles. The number of aryl methyl sites for hydroxylation is 1. The Morgan fingerprint density at radius 1 is 1.06 bits per heavy atom. The molecule has 1 aliphatic rings. The Morgan fingerprint density at radius 3 is 2.41 bits per heavy atom. The summed E-state index contributed by atoms with van der Waals surface area (Å²) in [5, 5.41) is 11.4. The Bertz CT molecular complexity index is 1230. The van der Waals surface area contributed by atoms with Gasteiger partial charge < -0.3 is 4.90 Å². The van der Waals surface area contributed by atoms with Crippen molar-refractivity contribution >= 4 is 32.2 Å². The fourth-order valence-corrected chi connectivity index (χ4v) is 5.16. The summed E-state index contributed by atoms with van der Waals surface area (Å²) in [5.41, 5.74) is -1.53. The van der Waals surface area contributed by atoms with Crippen molar-refractivity contribution in [3.8, 4) is 0 Å². The number of aromatic nitrogens is 1. The molecule has 180 valence electrons. The fraction of sp³-hybridized carbons (Fsp3) is 0.391. The number of hydrogen-bond acceptors (Lipinski definition) is 7. The van der Waals surface area contributed by atoms with Crippen molar-refractivity contribution in [2.45, 2.75) is 25.4 Å². The van der Waals surface area contributed by atoms with E-state index in [4.69, 9.17) is 0 Å². The van der Waals surface area contributed by atoms with E-state index in [-0.39, 0.29) is 10.1 Å². The van der Waals surface area contributed by atoms with Gasteiger partial charge in [-0.1, -0.05) is 41.7 Å². The van der Waals surface area contributed by atoms with Gasteiger partial charge in [0.15, 0.2) is 5.13 Å². The number of hydrogen-bond donors (Lipinski definition) is 0. The first-order valence-electron chi connectivity index (χ1n) is 10.9. The van der Waals surface area contributed by atoms with E-state index < -0.39 is 27.9 Å². The van der Waals surface area contributed by atoms with E-state index in [1.165, 1.54) is 5.56 Å². The van der Waals surface area contributed by atoms with E-state index in [0.717, 1.165) is 50.2 Å². The largest absolute Gasteiger partial charge is 0.416 e. The van der Waals surface area contributed by atoms with E-state index in [1.54, 1.807) is 0 Å². The lowest BCUT2D eigenvalue weighted by Gasteiger charge is -2.34. The van der Waals surface area contributed by atoms with Gasteiger partial charge in [0.2, 0.25) is 0 Å². The zero-order chi connectivity index (χ0) is 24.3. The summed E-state index contributed by atoms with van der Waals surface area (Å²) in [6, 6.07) is 11.4. The van der Waals surface area contributed by atoms with Crippen LogP contribution in [0.3, 0.4) is 0 Å². The molecule has 0 radical (unpaired) electrons. The quantitative estimate of drug-likeness (QED) is 0.270. The molecule has 0 bridgehead atoms. The number of fused-ring (bicyclic) bond motifs is 1. The third-order valence-electron chi connectivity index (χ3n) is 5.89. The van der Waals surface area contributed by atoms with Crippen LogP contribution in [0.2, 0.25) is 0 Å². The van der Waals surface area contributed by atoms with Gasteiger partial charge in [0.05, 0.1) is 15.9 Å². The van der Waals surface area contributed by atoms with Crippen LogP contribution in [0.1, 0.15) is 24.0 Å². The van der Waals surface area contributed by atoms with Crippen molar-refractivity contribution in [2.24, 2.45) is 0 Å². The summed E-state index contributed by atoms with van der Waals surface area (Å²) in [7, 11) is 0. The second-order valence-corrected chi connectivity index (χ2v) is 9.18. The van der Waals surface area contributed by atoms with Gasteiger partial charge in [0.1, 0.15) is 4.70 Å². The Kier molecular flexibility index (Phi) is 7.13. The van der Waals surface area contributed by atoms with Crippen LogP contribution in [0.4, 0.5) is 24.0 Å². The summed E-state index contributed by atoms with van der Waals surface area (Å²) in [6.07, 6.45) is -1.62. The minimum absolute atomic E-state index is 0.0867. The number of nitrogens with zero attached hydrogens (tertiary/aromatic N) is 4. The Balaban J connectivity index is 1.43. The fourth-order valence-electron chi connectivity index (χ4n) is 4.05. The summed E-state index contributed by atoms with van der Waals surface area (Å²) in [6.45, 7) is 3.62. The zero-order valence-corrected chi connectivity index (χ0v) is 19.1. The van der Waals surface area contributed by atoms with Crippen molar-refractivity contribution < 1.29 is 18.1 Å². The van der Waals surface area contributed by atoms with Gasteiger partial charge in [-0.2, -0.15) is 18.2 Å². The average Bonchev–Trinajstić information content (AvgIpc) is 2.81. The second-order valence-electron chi connectivity index (χ2n) is 8.20. The molecule has 0 atom stereocenters. The van der Waals surface area contributed by atoms with Gasteiger partial charge >= 0.3 is 6.18 Å². The number of nitro benzene ring substituents is 1. The number of benzene rings is 2. The van der Waals surface area contributed by atoms with Gasteiger partial charge in [-0.3, -0.25) is 19.8 Å². The molecule has 0 aliphatic carbocycles. The van der Waals surface area contributed by atoms with Crippen molar-refractivity contribution in [3.63, 3.8) is 0 Å². The molecule has 3 aromatic rings. The lowest BCUT2D eigenvalue weighted by molar-refractivity contribution is -0.383. The summed E-state index contributed by atoms with van der Waals surface area (Å²) >= 11 is 0.889. The van der Waals surface area contributed by atoms with Crippen LogP contribution in [0.25, 0.3) is 10.1 Å². The number of anilines is 1. The predicted molar refractivity (Wildman–Crippen MR) is 126 cm³/mol. The first kappa shape index (κ1) is 24.1. The molecular weight excluding hydrogens is 469 g/mol. The highest BCUT2D eigenvalue weighted by atomic mass is 32.1. The van der Waals surface area contributed by atoms with E-state index in [9.17, 15) is 28.1 Å². The summed E-state index contributed by atoms with van der Waals surface area (Å²) < 4.78 is 39.3. The molecule has 34 heavy (non-hydrogen) atoms. The van der Waals surface area contributed by atoms with E-state index in [1.807, 2.05) is 23.1 Å². The highest BCUT2D eigenvalue weighted by molar-refractivity contribution is 7.22. The van der Waals surface area contributed by atoms with Crippen LogP contribution >= 0.6 is 11.3 Å². The number of alkyl halides is 3. The first-order valence-corrected chi connectivity index (χ1v) is 11.8. The molecule has 1 fully saturated rings. The average molecular weight is 493 g/mol. The van der Waals surface area contributed by atoms with Gasteiger partial charge in [0, 0.05) is 32.2 Å². The molecule has 0 spiro atoms. The minimum atomic E-state index is -4.80. The number of halogens is 3. The molecule has 4 rings (SSSR count). The summed E-state index contributed by atoms with van der Waals surface area (Å²) in [5.74, 6) is 0. The maximum atomic E-state index is 13.1. The Labute approximate surface area is 197 Å². The third-order valence-corrected chi connectivity index (χ3v) is 7.05. The van der Waals surface area contributed by atoms with Crippen LogP contribution in [-0.2, 0) is 12.6 Å². The number of piperazine rings is 1. The van der Waals surface area contributed by atoms with Crippen LogP contribution in [0, 0.1) is 10.1 Å². The predicted octanol–water partition coefficient (Wildman–Crippen LogP) is 4.73. The van der Waals surface area contributed by atoms with Crippen LogP contribution in [0.15, 0.2) is 47.3 Å². The SMILES string of the molecule is O=c1nc(N2CCN(CCCCc3ccccc3)CC2)sc2c([N+](=O)[O-])cc(C(F)(F)F)cc12. The van der Waals surface area contributed by atoms with Crippen molar-refractivity contribution in [1.29, 1.82) is 0 Å². The van der Waals surface area contributed by atoms with Crippen molar-refractivity contribution in [1.82, 2.24) is 9.88 Å². The molecule has 0 amide bonds. The lowest BCUT2D eigenvalue weighted by Crippen LogP contribution is -2.47. The zero-order valence-electron chi connectivity index (χ0n) is 18.3. The van der Waals surface area contributed by atoms with Gasteiger partial charge in [-0.05, 0) is 37.4 Å². The normalized spacial score (nSPS) is 15.1. The monoisotopic (exact) mass is 492 g/mol. The smallest absolute Gasteiger partial charge is 0.345 e. The van der Waals surface area contributed by atoms with Gasteiger partial charge in [-0.15, -0.1) is 0 Å². The summed E-state index contributed by atoms with van der Waals surface area (Å²) in [4.78, 5) is 31.2. The van der Waals surface area contributed by atoms with E-state index >= 15 is 0 Å². The molecule has 0 saturated carbocycles. The van der Waals surface area contributed by atoms with E-state index in [0.29, 0.717) is 30.4 Å². The Hall–Kier alpha value is -3.05. The highest BCUT2D eigenvalue weighted by Crippen LogP contribution is 2.38. The number of unbranched alkanes of at least 4 members (excludes halogenated alkanes) is 1. The molecule has 11 heteroatoms. The topological polar surface area (TPSA) is 79.6 Å². The molecule has 1 saturated heterocycles. The first-order chi connectivity index (χ1) is 16.2. The number of non-ortho nitro benzene ring substituents is 1. The molecule has 1 aliphatic heterocycles. The van der Waals surface area contributed by atoms with Gasteiger partial charge in [0.25, 0.3) is 11.2 Å². The highest BCUT2D eigenvalue weighted by Gasteiger charge is 2.34. The molecule has 0 N–H and O–H groups in total. The molecule has 2 heterocycles. The number of nitro groups is 1. The van der Waals surface area contributed by atoms with Crippen LogP contribution in [-0.4, -0.2) is 47.5 Å². The minimum Gasteiger partial charge on any atom is -0.345 e. The second kappa shape index (κ2) is 10.1. The molecule has 0 unspecified atom stereocenters. The number of rotatable bonds is 7. The Morgan fingerprint density at radius 2 is 1.76 bits per heavy atom. The van der Waals surface area contributed by atoms with Crippen LogP contribution < -0.4 is 10.5 Å². The standard InChI is InChI=1S/C23H23F3N4O3S/c24-23(25,26)17-14-18-20(19(15-17)30(32)33)34-22(27-21(18)31)29-12-10-28(11-13-29)9-5-4-8-16-6-2-1-3-7-16/h1-3,6-7,14-15H,4-5,8-13H2. The van der Waals surface area contributed by atoms with E-state index in [2.05, 4.69) is 22.0 Å². The van der Waals surface area contributed by atoms with Gasteiger partial charge in [-0.25, -0.2) is 0 Å². The van der Waals surface area contributed by atoms with Crippen LogP contribution in [0.5, 0.6) is 0 Å². The molecule has 7 nitrogen and oxygen atoms in total. The maximum absolute atomic E-state index is 13.1. The molecular formula is C23H23F3N4O3S. The lowest BCUT2D eigenvalue weighted by atomic mass is 10.1.